The SMILES string of the molecule is CC(C)N1CCC(CN2CCN3CCCC3C2)C1. The molecular formula is C15H29N3. The summed E-state index contributed by atoms with van der Waals surface area (Å²) in [6, 6.07) is 1.63. The molecule has 3 saturated heterocycles. The first-order valence-electron chi connectivity index (χ1n) is 7.93. The van der Waals surface area contributed by atoms with Crippen molar-refractivity contribution >= 4 is 0 Å². The summed E-state index contributed by atoms with van der Waals surface area (Å²) in [4.78, 5) is 8.11. The Balaban J connectivity index is 1.46. The van der Waals surface area contributed by atoms with Crippen molar-refractivity contribution in [2.45, 2.75) is 45.2 Å². The topological polar surface area (TPSA) is 9.72 Å². The molecule has 0 aromatic carbocycles. The average molecular weight is 251 g/mol. The molecule has 3 heteroatoms. The molecule has 0 amide bonds. The molecule has 3 aliphatic heterocycles. The Morgan fingerprint density at radius 2 is 1.89 bits per heavy atom. The van der Waals surface area contributed by atoms with Gasteiger partial charge in [-0.25, -0.2) is 0 Å². The first kappa shape index (κ1) is 12.9. The third-order valence-corrected chi connectivity index (χ3v) is 5.24. The molecular weight excluding hydrogens is 222 g/mol. The number of rotatable bonds is 3. The van der Waals surface area contributed by atoms with E-state index in [1.165, 1.54) is 65.1 Å². The van der Waals surface area contributed by atoms with Gasteiger partial charge in [-0.05, 0) is 52.1 Å². The minimum Gasteiger partial charge on any atom is -0.301 e. The van der Waals surface area contributed by atoms with Crippen LogP contribution in [0.3, 0.4) is 0 Å². The second-order valence-corrected chi connectivity index (χ2v) is 6.83. The van der Waals surface area contributed by atoms with Crippen LogP contribution in [-0.2, 0) is 0 Å². The summed E-state index contributed by atoms with van der Waals surface area (Å²) in [6.07, 6.45) is 4.30. The van der Waals surface area contributed by atoms with Crippen molar-refractivity contribution in [2.24, 2.45) is 5.92 Å². The monoisotopic (exact) mass is 251 g/mol. The lowest BCUT2D eigenvalue weighted by molar-refractivity contribution is 0.0917. The molecule has 0 spiro atoms. The zero-order valence-electron chi connectivity index (χ0n) is 12.1. The fourth-order valence-electron chi connectivity index (χ4n) is 4.07. The van der Waals surface area contributed by atoms with Crippen LogP contribution in [0.15, 0.2) is 0 Å². The third kappa shape index (κ3) is 2.73. The number of likely N-dealkylation sites (tertiary alicyclic amines) is 1. The molecule has 104 valence electrons. The van der Waals surface area contributed by atoms with Crippen LogP contribution in [0, 0.1) is 5.92 Å². The lowest BCUT2D eigenvalue weighted by Gasteiger charge is -2.38. The normalized spacial score (nSPS) is 35.5. The zero-order valence-corrected chi connectivity index (χ0v) is 12.1. The van der Waals surface area contributed by atoms with E-state index in [1.807, 2.05) is 0 Å². The third-order valence-electron chi connectivity index (χ3n) is 5.24. The fraction of sp³-hybridized carbons (Fsp3) is 1.00. The average Bonchev–Trinajstić information content (AvgIpc) is 2.96. The van der Waals surface area contributed by atoms with Gasteiger partial charge in [0.1, 0.15) is 0 Å². The van der Waals surface area contributed by atoms with E-state index in [-0.39, 0.29) is 0 Å². The van der Waals surface area contributed by atoms with Gasteiger partial charge in [-0.15, -0.1) is 0 Å². The smallest absolute Gasteiger partial charge is 0.0224 e. The van der Waals surface area contributed by atoms with Gasteiger partial charge in [-0.1, -0.05) is 0 Å². The number of hydrogen-bond donors (Lipinski definition) is 0. The Bertz CT molecular complexity index is 279. The number of nitrogens with zero attached hydrogens (tertiary/aromatic N) is 3. The van der Waals surface area contributed by atoms with Gasteiger partial charge in [-0.2, -0.15) is 0 Å². The van der Waals surface area contributed by atoms with Crippen LogP contribution in [0.25, 0.3) is 0 Å². The maximum atomic E-state index is 2.75. The minimum absolute atomic E-state index is 0.738. The van der Waals surface area contributed by atoms with E-state index in [0.29, 0.717) is 0 Å². The van der Waals surface area contributed by atoms with Crippen LogP contribution < -0.4 is 0 Å². The van der Waals surface area contributed by atoms with Gasteiger partial charge in [0.2, 0.25) is 0 Å². The summed E-state index contributed by atoms with van der Waals surface area (Å²) in [5.41, 5.74) is 0. The van der Waals surface area contributed by atoms with Crippen molar-refractivity contribution in [1.82, 2.24) is 14.7 Å². The van der Waals surface area contributed by atoms with Crippen molar-refractivity contribution in [2.75, 3.05) is 45.8 Å². The Morgan fingerprint density at radius 3 is 2.67 bits per heavy atom. The van der Waals surface area contributed by atoms with Gasteiger partial charge in [0.05, 0.1) is 0 Å². The molecule has 3 fully saturated rings. The number of hydrogen-bond acceptors (Lipinski definition) is 3. The zero-order chi connectivity index (χ0) is 12.5. The van der Waals surface area contributed by atoms with E-state index < -0.39 is 0 Å². The first-order chi connectivity index (χ1) is 8.72. The molecule has 3 heterocycles. The van der Waals surface area contributed by atoms with E-state index in [9.17, 15) is 0 Å². The second-order valence-electron chi connectivity index (χ2n) is 6.83. The number of fused-ring (bicyclic) bond motifs is 1. The van der Waals surface area contributed by atoms with Crippen molar-refractivity contribution in [3.05, 3.63) is 0 Å². The molecule has 0 aromatic heterocycles. The molecule has 0 aliphatic carbocycles. The molecule has 2 atom stereocenters. The summed E-state index contributed by atoms with van der Waals surface area (Å²) in [5, 5.41) is 0. The lowest BCUT2D eigenvalue weighted by Crippen LogP contribution is -2.51. The molecule has 2 unspecified atom stereocenters. The fourth-order valence-corrected chi connectivity index (χ4v) is 4.07. The summed E-state index contributed by atoms with van der Waals surface area (Å²) in [5.74, 6) is 0.931. The predicted molar refractivity (Wildman–Crippen MR) is 75.9 cm³/mol. The minimum atomic E-state index is 0.738. The summed E-state index contributed by atoms with van der Waals surface area (Å²) >= 11 is 0. The Labute approximate surface area is 112 Å². The Hall–Kier alpha value is -0.120. The molecule has 3 rings (SSSR count). The molecule has 0 saturated carbocycles. The van der Waals surface area contributed by atoms with Crippen molar-refractivity contribution in [3.8, 4) is 0 Å². The summed E-state index contributed by atoms with van der Waals surface area (Å²) in [7, 11) is 0. The molecule has 18 heavy (non-hydrogen) atoms. The van der Waals surface area contributed by atoms with Gasteiger partial charge >= 0.3 is 0 Å². The highest BCUT2D eigenvalue weighted by Gasteiger charge is 2.32. The maximum Gasteiger partial charge on any atom is 0.0224 e. The first-order valence-corrected chi connectivity index (χ1v) is 7.93. The van der Waals surface area contributed by atoms with Gasteiger partial charge in [-0.3, -0.25) is 4.90 Å². The molecule has 0 radical (unpaired) electrons. The summed E-state index contributed by atoms with van der Waals surface area (Å²) in [6.45, 7) is 14.0. The van der Waals surface area contributed by atoms with Crippen LogP contribution in [0.2, 0.25) is 0 Å². The van der Waals surface area contributed by atoms with E-state index in [4.69, 9.17) is 0 Å². The predicted octanol–water partition coefficient (Wildman–Crippen LogP) is 1.50. The highest BCUT2D eigenvalue weighted by atomic mass is 15.3. The van der Waals surface area contributed by atoms with Gasteiger partial charge < -0.3 is 9.80 Å². The maximum absolute atomic E-state index is 2.75. The molecule has 3 aliphatic rings. The molecule has 0 aromatic rings. The van der Waals surface area contributed by atoms with Crippen LogP contribution in [0.4, 0.5) is 0 Å². The molecule has 3 nitrogen and oxygen atoms in total. The van der Waals surface area contributed by atoms with Crippen molar-refractivity contribution in [3.63, 3.8) is 0 Å². The van der Waals surface area contributed by atoms with Gasteiger partial charge in [0.15, 0.2) is 0 Å². The highest BCUT2D eigenvalue weighted by Crippen LogP contribution is 2.24. The van der Waals surface area contributed by atoms with Crippen LogP contribution in [0.1, 0.15) is 33.1 Å². The van der Waals surface area contributed by atoms with E-state index >= 15 is 0 Å². The van der Waals surface area contributed by atoms with Crippen LogP contribution >= 0.6 is 0 Å². The Kier molecular flexibility index (Phi) is 3.92. The van der Waals surface area contributed by atoms with Crippen LogP contribution in [0.5, 0.6) is 0 Å². The summed E-state index contributed by atoms with van der Waals surface area (Å²) < 4.78 is 0. The van der Waals surface area contributed by atoms with E-state index in [1.54, 1.807) is 0 Å². The lowest BCUT2D eigenvalue weighted by atomic mass is 10.1. The second kappa shape index (κ2) is 5.48. The molecule has 0 bridgehead atoms. The standard InChI is InChI=1S/C15H29N3/c1-13(2)18-7-5-14(11-18)10-16-8-9-17-6-3-4-15(17)12-16/h13-15H,3-12H2,1-2H3. The number of piperazine rings is 1. The largest absolute Gasteiger partial charge is 0.301 e. The van der Waals surface area contributed by atoms with Crippen molar-refractivity contribution in [1.29, 1.82) is 0 Å². The van der Waals surface area contributed by atoms with Gasteiger partial charge in [0, 0.05) is 44.8 Å². The van der Waals surface area contributed by atoms with E-state index in [0.717, 1.165) is 18.0 Å². The molecule has 0 N–H and O–H groups in total. The van der Waals surface area contributed by atoms with Crippen molar-refractivity contribution < 1.29 is 0 Å². The van der Waals surface area contributed by atoms with E-state index in [2.05, 4.69) is 28.5 Å². The van der Waals surface area contributed by atoms with Crippen LogP contribution in [-0.4, -0.2) is 72.6 Å². The van der Waals surface area contributed by atoms with Gasteiger partial charge in [0.25, 0.3) is 0 Å². The quantitative estimate of drug-likeness (QED) is 0.752. The Morgan fingerprint density at radius 1 is 1.00 bits per heavy atom. The highest BCUT2D eigenvalue weighted by molar-refractivity contribution is 4.88.